The molecule has 1 aromatic heterocycles. The fourth-order valence-corrected chi connectivity index (χ4v) is 3.49. The first-order valence-corrected chi connectivity index (χ1v) is 9.62. The molecule has 0 aliphatic heterocycles. The second kappa shape index (κ2) is 8.81. The first-order valence-electron chi connectivity index (χ1n) is 8.63. The van der Waals surface area contributed by atoms with E-state index >= 15 is 0 Å². The molecule has 0 fully saturated rings. The summed E-state index contributed by atoms with van der Waals surface area (Å²) in [6.07, 6.45) is 3.57. The molecule has 2 aromatic carbocycles. The number of carbonyl (C=O) groups is 1. The molecule has 0 aliphatic rings. The van der Waals surface area contributed by atoms with Crippen LogP contribution in [0.3, 0.4) is 0 Å². The van der Waals surface area contributed by atoms with Crippen LogP contribution in [0.15, 0.2) is 66.1 Å². The van der Waals surface area contributed by atoms with E-state index in [1.165, 1.54) is 18.5 Å². The Labute approximate surface area is 162 Å². The van der Waals surface area contributed by atoms with Gasteiger partial charge >= 0.3 is 0 Å². The van der Waals surface area contributed by atoms with Gasteiger partial charge in [0.15, 0.2) is 0 Å². The van der Waals surface area contributed by atoms with E-state index < -0.39 is 0 Å². The number of benzene rings is 2. The highest BCUT2D eigenvalue weighted by Crippen LogP contribution is 2.23. The van der Waals surface area contributed by atoms with E-state index in [0.29, 0.717) is 12.2 Å². The SMILES string of the molecule is C[C@H](c1ccc(-n2cncn2)cc1)N(C)C(=O)CCSc1ccc(F)cc1. The Morgan fingerprint density at radius 2 is 1.89 bits per heavy atom. The van der Waals surface area contributed by atoms with E-state index in [-0.39, 0.29) is 17.8 Å². The molecule has 0 bridgehead atoms. The molecule has 0 saturated heterocycles. The van der Waals surface area contributed by atoms with Gasteiger partial charge in [0.25, 0.3) is 0 Å². The molecule has 0 spiro atoms. The smallest absolute Gasteiger partial charge is 0.223 e. The van der Waals surface area contributed by atoms with E-state index in [9.17, 15) is 9.18 Å². The molecule has 3 rings (SSSR count). The lowest BCUT2D eigenvalue weighted by atomic mass is 10.1. The van der Waals surface area contributed by atoms with Gasteiger partial charge in [-0.25, -0.2) is 14.1 Å². The fourth-order valence-electron chi connectivity index (χ4n) is 2.65. The fraction of sp³-hybridized carbons (Fsp3) is 0.250. The van der Waals surface area contributed by atoms with E-state index in [4.69, 9.17) is 0 Å². The zero-order valence-corrected chi connectivity index (χ0v) is 16.1. The summed E-state index contributed by atoms with van der Waals surface area (Å²) in [6.45, 7) is 2.01. The third-order valence-electron chi connectivity index (χ3n) is 4.43. The first kappa shape index (κ1) is 19.1. The van der Waals surface area contributed by atoms with Gasteiger partial charge in [-0.05, 0) is 48.9 Å². The topological polar surface area (TPSA) is 51.0 Å². The van der Waals surface area contributed by atoms with Crippen LogP contribution in [0.5, 0.6) is 0 Å². The predicted octanol–water partition coefficient (Wildman–Crippen LogP) is 4.11. The van der Waals surface area contributed by atoms with Gasteiger partial charge in [-0.2, -0.15) is 5.10 Å². The van der Waals surface area contributed by atoms with Crippen molar-refractivity contribution in [3.63, 3.8) is 0 Å². The molecule has 27 heavy (non-hydrogen) atoms. The first-order chi connectivity index (χ1) is 13.0. The van der Waals surface area contributed by atoms with Gasteiger partial charge in [-0.15, -0.1) is 11.8 Å². The predicted molar refractivity (Wildman–Crippen MR) is 104 cm³/mol. The maximum Gasteiger partial charge on any atom is 0.223 e. The van der Waals surface area contributed by atoms with Crippen molar-refractivity contribution in [2.75, 3.05) is 12.8 Å². The summed E-state index contributed by atoms with van der Waals surface area (Å²) in [4.78, 5) is 19.1. The number of thioether (sulfide) groups is 1. The van der Waals surface area contributed by atoms with Crippen molar-refractivity contribution in [3.8, 4) is 5.69 Å². The summed E-state index contributed by atoms with van der Waals surface area (Å²) < 4.78 is 14.6. The number of aromatic nitrogens is 3. The normalized spacial score (nSPS) is 12.0. The number of nitrogens with zero attached hydrogens (tertiary/aromatic N) is 4. The van der Waals surface area contributed by atoms with Crippen molar-refractivity contribution in [1.29, 1.82) is 0 Å². The van der Waals surface area contributed by atoms with E-state index in [1.807, 2.05) is 38.2 Å². The van der Waals surface area contributed by atoms with Crippen LogP contribution in [-0.4, -0.2) is 38.4 Å². The molecule has 1 amide bonds. The van der Waals surface area contributed by atoms with Crippen molar-refractivity contribution >= 4 is 17.7 Å². The lowest BCUT2D eigenvalue weighted by molar-refractivity contribution is -0.131. The molecule has 0 radical (unpaired) electrons. The maximum absolute atomic E-state index is 12.9. The van der Waals surface area contributed by atoms with Crippen LogP contribution >= 0.6 is 11.8 Å². The molecule has 0 N–H and O–H groups in total. The van der Waals surface area contributed by atoms with Gasteiger partial charge in [0.2, 0.25) is 5.91 Å². The van der Waals surface area contributed by atoms with Crippen LogP contribution in [0, 0.1) is 5.82 Å². The van der Waals surface area contributed by atoms with Crippen molar-refractivity contribution in [1.82, 2.24) is 19.7 Å². The van der Waals surface area contributed by atoms with Crippen LogP contribution in [0.1, 0.15) is 24.9 Å². The summed E-state index contributed by atoms with van der Waals surface area (Å²) in [5.41, 5.74) is 1.98. The molecule has 0 saturated carbocycles. The third-order valence-corrected chi connectivity index (χ3v) is 5.45. The molecular weight excluding hydrogens is 363 g/mol. The lowest BCUT2D eigenvalue weighted by Gasteiger charge is -2.25. The standard InChI is InChI=1S/C20H21FN4OS/c1-15(16-3-7-18(8-4-16)25-14-22-13-23-25)24(2)20(26)11-12-27-19-9-5-17(21)6-10-19/h3-10,13-15H,11-12H2,1-2H3/t15-/m1/s1. The molecule has 0 unspecified atom stereocenters. The highest BCUT2D eigenvalue weighted by atomic mass is 32.2. The minimum Gasteiger partial charge on any atom is -0.339 e. The molecule has 7 heteroatoms. The molecule has 1 heterocycles. The van der Waals surface area contributed by atoms with Gasteiger partial charge < -0.3 is 4.90 Å². The maximum atomic E-state index is 12.9. The average molecular weight is 384 g/mol. The Morgan fingerprint density at radius 1 is 1.19 bits per heavy atom. The van der Waals surface area contributed by atoms with Crippen molar-refractivity contribution in [3.05, 3.63) is 72.6 Å². The van der Waals surface area contributed by atoms with Gasteiger partial charge in [0.1, 0.15) is 18.5 Å². The summed E-state index contributed by atoms with van der Waals surface area (Å²) in [5, 5.41) is 4.11. The molecule has 140 valence electrons. The summed E-state index contributed by atoms with van der Waals surface area (Å²) in [5.74, 6) is 0.489. The summed E-state index contributed by atoms with van der Waals surface area (Å²) >= 11 is 1.55. The highest BCUT2D eigenvalue weighted by molar-refractivity contribution is 7.99. The van der Waals surface area contributed by atoms with Crippen LogP contribution in [0.25, 0.3) is 5.69 Å². The number of hydrogen-bond acceptors (Lipinski definition) is 4. The summed E-state index contributed by atoms with van der Waals surface area (Å²) in [6, 6.07) is 14.2. The molecule has 0 aliphatic carbocycles. The summed E-state index contributed by atoms with van der Waals surface area (Å²) in [7, 11) is 1.82. The quantitative estimate of drug-likeness (QED) is 0.575. The van der Waals surface area contributed by atoms with Crippen molar-refractivity contribution in [2.24, 2.45) is 0 Å². The number of rotatable bonds is 7. The van der Waals surface area contributed by atoms with Crippen LogP contribution in [0.2, 0.25) is 0 Å². The second-order valence-corrected chi connectivity index (χ2v) is 7.33. The van der Waals surface area contributed by atoms with E-state index in [2.05, 4.69) is 10.1 Å². The third kappa shape index (κ3) is 4.95. The average Bonchev–Trinajstić information content (AvgIpc) is 3.23. The Morgan fingerprint density at radius 3 is 2.52 bits per heavy atom. The van der Waals surface area contributed by atoms with Crippen molar-refractivity contribution < 1.29 is 9.18 Å². The zero-order valence-electron chi connectivity index (χ0n) is 15.2. The lowest BCUT2D eigenvalue weighted by Crippen LogP contribution is -2.29. The minimum absolute atomic E-state index is 0.0295. The van der Waals surface area contributed by atoms with Gasteiger partial charge in [0, 0.05) is 24.1 Å². The van der Waals surface area contributed by atoms with Crippen LogP contribution in [-0.2, 0) is 4.79 Å². The van der Waals surface area contributed by atoms with Crippen molar-refractivity contribution in [2.45, 2.75) is 24.3 Å². The molecule has 3 aromatic rings. The Bertz CT molecular complexity index is 866. The number of halogens is 1. The molecular formula is C20H21FN4OS. The van der Waals surface area contributed by atoms with Crippen LogP contribution in [0.4, 0.5) is 4.39 Å². The monoisotopic (exact) mass is 384 g/mol. The Balaban J connectivity index is 1.53. The van der Waals surface area contributed by atoms with E-state index in [0.717, 1.165) is 16.1 Å². The van der Waals surface area contributed by atoms with Gasteiger partial charge in [-0.1, -0.05) is 12.1 Å². The Hall–Kier alpha value is -2.67. The van der Waals surface area contributed by atoms with Gasteiger partial charge in [-0.3, -0.25) is 4.79 Å². The largest absolute Gasteiger partial charge is 0.339 e. The Kier molecular flexibility index (Phi) is 6.24. The van der Waals surface area contributed by atoms with Crippen LogP contribution < -0.4 is 0 Å². The molecule has 5 nitrogen and oxygen atoms in total. The second-order valence-electron chi connectivity index (χ2n) is 6.16. The minimum atomic E-state index is -0.251. The van der Waals surface area contributed by atoms with E-state index in [1.54, 1.807) is 39.8 Å². The van der Waals surface area contributed by atoms with Gasteiger partial charge in [0.05, 0.1) is 11.7 Å². The molecule has 1 atom stereocenters. The number of hydrogen-bond donors (Lipinski definition) is 0. The highest BCUT2D eigenvalue weighted by Gasteiger charge is 2.17. The zero-order chi connectivity index (χ0) is 19.2. The number of amides is 1. The number of carbonyl (C=O) groups excluding carboxylic acids is 1.